The first-order valence-corrected chi connectivity index (χ1v) is 13.6. The summed E-state index contributed by atoms with van der Waals surface area (Å²) in [6.45, 7) is 11.0. The average Bonchev–Trinajstić information content (AvgIpc) is 2.89. The Hall–Kier alpha value is -4.12. The molecule has 0 aliphatic rings. The highest BCUT2D eigenvalue weighted by Crippen LogP contribution is 2.20. The highest BCUT2D eigenvalue weighted by atomic mass is 16.6. The van der Waals surface area contributed by atoms with Crippen molar-refractivity contribution >= 4 is 23.9 Å². The molecule has 0 aromatic rings. The number of aliphatic hydroxyl groups is 1. The molecule has 4 atom stereocenters. The van der Waals surface area contributed by atoms with Crippen LogP contribution in [0.2, 0.25) is 0 Å². The Labute approximate surface area is 248 Å². The molecule has 0 saturated heterocycles. The molecule has 11 heteroatoms. The first kappa shape index (κ1) is 37.9. The third-order valence-electron chi connectivity index (χ3n) is 5.90. The van der Waals surface area contributed by atoms with Crippen molar-refractivity contribution in [1.29, 1.82) is 0 Å². The van der Waals surface area contributed by atoms with E-state index in [4.69, 9.17) is 20.3 Å². The molecule has 0 aromatic heterocycles. The van der Waals surface area contributed by atoms with E-state index in [0.29, 0.717) is 12.8 Å². The maximum Gasteiger partial charge on any atom is 0.404 e. The van der Waals surface area contributed by atoms with Gasteiger partial charge in [0.1, 0.15) is 12.1 Å². The predicted octanol–water partition coefficient (Wildman–Crippen LogP) is 4.03. The van der Waals surface area contributed by atoms with Gasteiger partial charge in [0.15, 0.2) is 5.76 Å². The number of aliphatic carboxylic acids is 1. The van der Waals surface area contributed by atoms with Crippen molar-refractivity contribution in [3.05, 3.63) is 72.2 Å². The number of carboxylic acids is 1. The number of primary amides is 1. The molecule has 0 spiro atoms. The van der Waals surface area contributed by atoms with E-state index in [0.717, 1.165) is 5.57 Å². The Bertz CT molecular complexity index is 1080. The van der Waals surface area contributed by atoms with E-state index in [1.807, 2.05) is 52.8 Å². The second-order valence-corrected chi connectivity index (χ2v) is 10.7. The number of amides is 3. The van der Waals surface area contributed by atoms with Gasteiger partial charge in [-0.15, -0.1) is 0 Å². The van der Waals surface area contributed by atoms with E-state index >= 15 is 0 Å². The number of allylic oxidation sites excluding steroid dienone is 5. The number of aliphatic hydroxyl groups excluding tert-OH is 1. The third-order valence-corrected chi connectivity index (χ3v) is 5.90. The fraction of sp³-hybridized carbons (Fsp3) is 0.484. The normalized spacial score (nSPS) is 16.0. The molecule has 0 aromatic carbocycles. The van der Waals surface area contributed by atoms with Crippen molar-refractivity contribution in [3.63, 3.8) is 0 Å². The van der Waals surface area contributed by atoms with Crippen LogP contribution < -0.4 is 16.4 Å². The molecule has 0 heterocycles. The lowest BCUT2D eigenvalue weighted by Gasteiger charge is -2.29. The Balaban J connectivity index is 5.10. The van der Waals surface area contributed by atoms with Gasteiger partial charge in [-0.05, 0) is 38.0 Å². The van der Waals surface area contributed by atoms with Crippen LogP contribution >= 0.6 is 0 Å². The summed E-state index contributed by atoms with van der Waals surface area (Å²) in [4.78, 5) is 47.4. The highest BCUT2D eigenvalue weighted by Gasteiger charge is 2.31. The van der Waals surface area contributed by atoms with Crippen molar-refractivity contribution in [2.45, 2.75) is 79.1 Å². The zero-order chi connectivity index (χ0) is 32.3. The van der Waals surface area contributed by atoms with Gasteiger partial charge in [-0.25, -0.2) is 9.59 Å². The van der Waals surface area contributed by atoms with Gasteiger partial charge in [-0.3, -0.25) is 9.59 Å². The van der Waals surface area contributed by atoms with Crippen LogP contribution in [0.4, 0.5) is 4.79 Å². The van der Waals surface area contributed by atoms with Crippen LogP contribution in [0.5, 0.6) is 0 Å². The Morgan fingerprint density at radius 2 is 1.64 bits per heavy atom. The number of ether oxygens (including phenoxy) is 2. The molecule has 0 fully saturated rings. The van der Waals surface area contributed by atoms with Gasteiger partial charge in [0.25, 0.3) is 0 Å². The molecule has 0 aliphatic heterocycles. The van der Waals surface area contributed by atoms with Crippen LogP contribution in [0, 0.1) is 11.3 Å². The number of nitrogens with two attached hydrogens (primary N) is 1. The Kier molecular flexibility index (Phi) is 17.9. The molecule has 42 heavy (non-hydrogen) atoms. The minimum atomic E-state index is -1.20. The first-order chi connectivity index (χ1) is 19.6. The molecule has 4 unspecified atom stereocenters. The largest absolute Gasteiger partial charge is 0.490 e. The molecule has 3 amide bonds. The minimum Gasteiger partial charge on any atom is -0.490 e. The number of carbonyl (C=O) groups is 4. The monoisotopic (exact) mass is 589 g/mol. The summed E-state index contributed by atoms with van der Waals surface area (Å²) in [6, 6.07) is -0.832. The molecule has 11 nitrogen and oxygen atoms in total. The maximum atomic E-state index is 12.8. The first-order valence-electron chi connectivity index (χ1n) is 13.6. The zero-order valence-electron chi connectivity index (χ0n) is 25.6. The third kappa shape index (κ3) is 16.9. The number of hydrogen-bond donors (Lipinski definition) is 5. The average molecular weight is 590 g/mol. The van der Waals surface area contributed by atoms with Crippen LogP contribution in [-0.4, -0.2) is 59.4 Å². The van der Waals surface area contributed by atoms with Crippen molar-refractivity contribution in [2.24, 2.45) is 17.1 Å². The summed E-state index contributed by atoms with van der Waals surface area (Å²) in [6.07, 6.45) is 15.0. The van der Waals surface area contributed by atoms with Gasteiger partial charge < -0.3 is 36.1 Å². The van der Waals surface area contributed by atoms with Crippen LogP contribution in [0.15, 0.2) is 72.2 Å². The number of carboxylic acid groups (broad SMARTS) is 1. The fourth-order valence-corrected chi connectivity index (χ4v) is 3.59. The standard InChI is InChI=1S/C31H47N3O8/c1-8-9-14-23(42-30(32)40)15-12-19-33-28(37)27(31(4,5)6)34-26(36)16-11-10-13-21(2)20-22(3)24(35)17-18-25(41-7)29(38)39/h8-13,16,18-20,22-24,27,35H,14-15,17H2,1-7H3,(H2,32,40)(H,33,37)(H,34,36)(H,38,39)/b9-8-,13-10-,16-11-,19-12-,21-20+,25-18+. The van der Waals surface area contributed by atoms with Gasteiger partial charge >= 0.3 is 12.1 Å². The molecular weight excluding hydrogens is 542 g/mol. The topological polar surface area (TPSA) is 177 Å². The molecular formula is C31H47N3O8. The van der Waals surface area contributed by atoms with E-state index in [-0.39, 0.29) is 18.1 Å². The van der Waals surface area contributed by atoms with Gasteiger partial charge in [-0.2, -0.15) is 0 Å². The molecule has 0 aliphatic carbocycles. The summed E-state index contributed by atoms with van der Waals surface area (Å²) in [5.41, 5.74) is 5.35. The maximum absolute atomic E-state index is 12.8. The van der Waals surface area contributed by atoms with E-state index in [9.17, 15) is 24.3 Å². The molecule has 6 N–H and O–H groups in total. The lowest BCUT2D eigenvalue weighted by Crippen LogP contribution is -2.52. The number of carbonyl (C=O) groups excluding carboxylic acids is 3. The summed E-state index contributed by atoms with van der Waals surface area (Å²) < 4.78 is 9.80. The van der Waals surface area contributed by atoms with Gasteiger partial charge in [-0.1, -0.05) is 75.8 Å². The van der Waals surface area contributed by atoms with E-state index in [1.165, 1.54) is 31.5 Å². The zero-order valence-corrected chi connectivity index (χ0v) is 25.6. The Morgan fingerprint density at radius 3 is 2.19 bits per heavy atom. The van der Waals surface area contributed by atoms with Crippen LogP contribution in [0.1, 0.15) is 60.8 Å². The molecule has 0 saturated carbocycles. The Morgan fingerprint density at radius 1 is 1.02 bits per heavy atom. The summed E-state index contributed by atoms with van der Waals surface area (Å²) in [5, 5.41) is 24.7. The van der Waals surface area contributed by atoms with Gasteiger partial charge in [0, 0.05) is 24.8 Å². The quantitative estimate of drug-likeness (QED) is 0.0731. The van der Waals surface area contributed by atoms with Crippen molar-refractivity contribution in [1.82, 2.24) is 10.6 Å². The predicted molar refractivity (Wildman–Crippen MR) is 162 cm³/mol. The fourth-order valence-electron chi connectivity index (χ4n) is 3.59. The summed E-state index contributed by atoms with van der Waals surface area (Å²) in [5.74, 6) is -2.55. The van der Waals surface area contributed by atoms with Crippen molar-refractivity contribution in [3.8, 4) is 0 Å². The summed E-state index contributed by atoms with van der Waals surface area (Å²) >= 11 is 0. The minimum absolute atomic E-state index is 0.114. The van der Waals surface area contributed by atoms with Gasteiger partial charge in [0.05, 0.1) is 13.2 Å². The van der Waals surface area contributed by atoms with Crippen molar-refractivity contribution in [2.75, 3.05) is 7.11 Å². The molecule has 0 rings (SSSR count). The second-order valence-electron chi connectivity index (χ2n) is 10.7. The van der Waals surface area contributed by atoms with E-state index in [1.54, 1.807) is 25.2 Å². The number of rotatable bonds is 17. The molecule has 0 bridgehead atoms. The highest BCUT2D eigenvalue weighted by molar-refractivity contribution is 5.93. The number of hydrogen-bond acceptors (Lipinski definition) is 7. The molecule has 234 valence electrons. The van der Waals surface area contributed by atoms with Crippen LogP contribution in [-0.2, 0) is 23.9 Å². The van der Waals surface area contributed by atoms with E-state index < -0.39 is 47.5 Å². The second kappa shape index (κ2) is 19.9. The lowest BCUT2D eigenvalue weighted by atomic mass is 9.86. The van der Waals surface area contributed by atoms with Gasteiger partial charge in [0.2, 0.25) is 11.8 Å². The smallest absolute Gasteiger partial charge is 0.404 e. The SMILES string of the molecule is C/C=C\CC(C/C=C\NC(=O)C(NC(=O)\C=C/C=C\C(C)=C\C(C)C(O)C/C=C(/OC)C(=O)O)C(C)(C)C)OC(N)=O. The number of methoxy groups -OCH3 is 1. The number of nitrogens with one attached hydrogen (secondary N) is 2. The van der Waals surface area contributed by atoms with E-state index in [2.05, 4.69) is 10.6 Å². The van der Waals surface area contributed by atoms with Crippen LogP contribution in [0.25, 0.3) is 0 Å². The van der Waals surface area contributed by atoms with Crippen LogP contribution in [0.3, 0.4) is 0 Å². The lowest BCUT2D eigenvalue weighted by molar-refractivity contribution is -0.136. The summed E-state index contributed by atoms with van der Waals surface area (Å²) in [7, 11) is 1.25. The molecule has 0 radical (unpaired) electrons. The van der Waals surface area contributed by atoms with Crippen molar-refractivity contribution < 1.29 is 38.9 Å².